The molecule has 0 saturated carbocycles. The van der Waals surface area contributed by atoms with Crippen LogP contribution in [-0.4, -0.2) is 21.1 Å². The van der Waals surface area contributed by atoms with E-state index in [9.17, 15) is 22.4 Å². The topological polar surface area (TPSA) is 75.1 Å². The number of nitrogens with zero attached hydrogens (tertiary/aromatic N) is 2. The van der Waals surface area contributed by atoms with Gasteiger partial charge in [-0.05, 0) is 17.2 Å². The van der Waals surface area contributed by atoms with E-state index in [-0.39, 0.29) is 5.56 Å². The number of amides is 1. The monoisotopic (exact) mass is 391 g/mol. The Hall–Kier alpha value is -3.33. The van der Waals surface area contributed by atoms with E-state index in [0.717, 1.165) is 12.4 Å². The fourth-order valence-corrected chi connectivity index (χ4v) is 2.74. The number of carbonyl (C=O) groups excluding carboxylic acids is 1. The van der Waals surface area contributed by atoms with Crippen LogP contribution < -0.4 is 5.48 Å². The summed E-state index contributed by atoms with van der Waals surface area (Å²) >= 11 is 0. The van der Waals surface area contributed by atoms with E-state index < -0.39 is 29.6 Å². The quantitative estimate of drug-likeness (QED) is 0.401. The van der Waals surface area contributed by atoms with Gasteiger partial charge in [-0.15, -0.1) is 0 Å². The summed E-state index contributed by atoms with van der Waals surface area (Å²) in [6.07, 6.45) is -2.55. The lowest BCUT2D eigenvalue weighted by molar-refractivity contribution is -0.145. The molecule has 1 unspecified atom stereocenters. The maximum atomic E-state index is 14.1. The Bertz CT molecular complexity index is 974. The summed E-state index contributed by atoms with van der Waals surface area (Å²) in [5.74, 6) is -3.79. The number of benzene rings is 2. The van der Waals surface area contributed by atoms with E-state index in [0.29, 0.717) is 16.7 Å². The average Bonchev–Trinajstić information content (AvgIpc) is 2.69. The highest BCUT2D eigenvalue weighted by molar-refractivity contribution is 5.86. The molecular formula is C19H13F4N3O2. The van der Waals surface area contributed by atoms with Gasteiger partial charge in [0.15, 0.2) is 0 Å². The molecule has 1 heterocycles. The second-order valence-corrected chi connectivity index (χ2v) is 5.85. The van der Waals surface area contributed by atoms with Crippen molar-refractivity contribution >= 4 is 5.91 Å². The molecule has 0 saturated heterocycles. The second kappa shape index (κ2) is 7.73. The first kappa shape index (κ1) is 19.4. The molecule has 1 amide bonds. The van der Waals surface area contributed by atoms with E-state index in [1.165, 1.54) is 35.8 Å². The molecule has 0 aliphatic carbocycles. The van der Waals surface area contributed by atoms with E-state index in [1.54, 1.807) is 18.2 Å². The molecule has 0 fully saturated rings. The van der Waals surface area contributed by atoms with Crippen molar-refractivity contribution in [1.82, 2.24) is 15.4 Å². The number of rotatable bonds is 4. The van der Waals surface area contributed by atoms with Crippen LogP contribution in [-0.2, 0) is 11.0 Å². The second-order valence-electron chi connectivity index (χ2n) is 5.85. The van der Waals surface area contributed by atoms with Crippen molar-refractivity contribution in [2.75, 3.05) is 0 Å². The number of aromatic nitrogens is 2. The summed E-state index contributed by atoms with van der Waals surface area (Å²) in [4.78, 5) is 18.7. The summed E-state index contributed by atoms with van der Waals surface area (Å²) in [6.45, 7) is 0. The number of halogens is 4. The highest BCUT2D eigenvalue weighted by atomic mass is 19.4. The summed E-state index contributed by atoms with van der Waals surface area (Å²) < 4.78 is 51.8. The van der Waals surface area contributed by atoms with Gasteiger partial charge in [0.05, 0.1) is 5.92 Å². The molecule has 9 heteroatoms. The summed E-state index contributed by atoms with van der Waals surface area (Å²) in [5.41, 5.74) is 2.83. The van der Waals surface area contributed by atoms with Crippen molar-refractivity contribution < 1.29 is 27.6 Å². The van der Waals surface area contributed by atoms with Crippen LogP contribution >= 0.6 is 0 Å². The zero-order valence-electron chi connectivity index (χ0n) is 14.1. The number of nitrogens with one attached hydrogen (secondary N) is 1. The summed E-state index contributed by atoms with van der Waals surface area (Å²) in [6, 6.07) is 11.8. The minimum Gasteiger partial charge on any atom is -0.289 e. The maximum Gasteiger partial charge on any atom is 0.451 e. The van der Waals surface area contributed by atoms with Crippen LogP contribution in [0.5, 0.6) is 0 Å². The molecule has 3 rings (SSSR count). The predicted octanol–water partition coefficient (Wildman–Crippen LogP) is 3.94. The fourth-order valence-electron chi connectivity index (χ4n) is 2.74. The van der Waals surface area contributed by atoms with Crippen molar-refractivity contribution in [1.29, 1.82) is 0 Å². The predicted molar refractivity (Wildman–Crippen MR) is 90.6 cm³/mol. The van der Waals surface area contributed by atoms with Gasteiger partial charge in [0.1, 0.15) is 5.82 Å². The Balaban J connectivity index is 1.94. The normalized spacial score (nSPS) is 12.5. The van der Waals surface area contributed by atoms with Gasteiger partial charge in [-0.1, -0.05) is 42.5 Å². The molecule has 144 valence electrons. The van der Waals surface area contributed by atoms with Crippen molar-refractivity contribution in [3.8, 4) is 11.1 Å². The molecule has 28 heavy (non-hydrogen) atoms. The molecule has 0 spiro atoms. The zero-order valence-corrected chi connectivity index (χ0v) is 14.1. The molecule has 2 aromatic carbocycles. The van der Waals surface area contributed by atoms with Gasteiger partial charge < -0.3 is 0 Å². The van der Waals surface area contributed by atoms with Gasteiger partial charge in [0.25, 0.3) is 5.91 Å². The number of hydrogen-bond acceptors (Lipinski definition) is 4. The van der Waals surface area contributed by atoms with Crippen molar-refractivity contribution in [2.45, 2.75) is 12.1 Å². The minimum atomic E-state index is -4.63. The molecule has 1 atom stereocenters. The van der Waals surface area contributed by atoms with Crippen LogP contribution in [0.3, 0.4) is 0 Å². The third-order valence-corrected chi connectivity index (χ3v) is 4.07. The third-order valence-electron chi connectivity index (χ3n) is 4.07. The van der Waals surface area contributed by atoms with Gasteiger partial charge in [0.2, 0.25) is 5.82 Å². The third kappa shape index (κ3) is 3.99. The first-order valence-electron chi connectivity index (χ1n) is 7.99. The van der Waals surface area contributed by atoms with Crippen LogP contribution in [0.1, 0.15) is 22.9 Å². The van der Waals surface area contributed by atoms with Crippen molar-refractivity contribution in [3.05, 3.63) is 83.7 Å². The minimum absolute atomic E-state index is 0.0691. The Labute approximate surface area is 156 Å². The van der Waals surface area contributed by atoms with E-state index >= 15 is 0 Å². The molecule has 0 bridgehead atoms. The Morgan fingerprint density at radius 2 is 1.57 bits per heavy atom. The Kier molecular flexibility index (Phi) is 5.36. The number of alkyl halides is 3. The van der Waals surface area contributed by atoms with Gasteiger partial charge in [-0.25, -0.2) is 19.8 Å². The van der Waals surface area contributed by atoms with Crippen LogP contribution in [0.25, 0.3) is 11.1 Å². The van der Waals surface area contributed by atoms with E-state index in [2.05, 4.69) is 9.97 Å². The molecule has 0 radical (unpaired) electrons. The molecule has 0 aliphatic heterocycles. The molecule has 1 aromatic heterocycles. The lowest BCUT2D eigenvalue weighted by atomic mass is 9.89. The number of hydrogen-bond donors (Lipinski definition) is 2. The van der Waals surface area contributed by atoms with E-state index in [4.69, 9.17) is 5.21 Å². The molecule has 5 nitrogen and oxygen atoms in total. The van der Waals surface area contributed by atoms with Crippen LogP contribution in [0.2, 0.25) is 0 Å². The van der Waals surface area contributed by atoms with Gasteiger partial charge in [0, 0.05) is 23.5 Å². The van der Waals surface area contributed by atoms with Crippen LogP contribution in [0.15, 0.2) is 60.9 Å². The van der Waals surface area contributed by atoms with Crippen LogP contribution in [0.4, 0.5) is 17.6 Å². The first-order chi connectivity index (χ1) is 13.3. The summed E-state index contributed by atoms with van der Waals surface area (Å²) in [5, 5.41) is 9.01. The van der Waals surface area contributed by atoms with Gasteiger partial charge in [-0.3, -0.25) is 10.0 Å². The highest BCUT2D eigenvalue weighted by Crippen LogP contribution is 2.30. The van der Waals surface area contributed by atoms with Gasteiger partial charge >= 0.3 is 6.18 Å². The standard InChI is InChI=1S/C19H13F4N3O2/c20-15-4-2-1-3-14(15)16(17(27)26-28)12-7-5-11(6-8-12)13-9-24-18(25-10-13)19(21,22)23/h1-10,16,28H,(H,26,27). The lowest BCUT2D eigenvalue weighted by Gasteiger charge is -2.17. The van der Waals surface area contributed by atoms with Gasteiger partial charge in [-0.2, -0.15) is 13.2 Å². The fraction of sp³-hybridized carbons (Fsp3) is 0.105. The maximum absolute atomic E-state index is 14.1. The molecular weight excluding hydrogens is 378 g/mol. The zero-order chi connectivity index (χ0) is 20.3. The molecule has 3 aromatic rings. The van der Waals surface area contributed by atoms with Crippen molar-refractivity contribution in [2.24, 2.45) is 0 Å². The molecule has 0 aliphatic rings. The SMILES string of the molecule is O=C(NO)C(c1ccc(-c2cnc(C(F)(F)F)nc2)cc1)c1ccccc1F. The lowest BCUT2D eigenvalue weighted by Crippen LogP contribution is -2.27. The first-order valence-corrected chi connectivity index (χ1v) is 7.99. The molecule has 2 N–H and O–H groups in total. The average molecular weight is 391 g/mol. The Morgan fingerprint density at radius 3 is 2.11 bits per heavy atom. The van der Waals surface area contributed by atoms with E-state index in [1.807, 2.05) is 0 Å². The Morgan fingerprint density at radius 1 is 0.964 bits per heavy atom. The number of carbonyl (C=O) groups is 1. The number of hydroxylamine groups is 1. The van der Waals surface area contributed by atoms with Crippen molar-refractivity contribution in [3.63, 3.8) is 0 Å². The van der Waals surface area contributed by atoms with Crippen LogP contribution in [0, 0.1) is 5.82 Å². The smallest absolute Gasteiger partial charge is 0.289 e. The largest absolute Gasteiger partial charge is 0.451 e. The summed E-state index contributed by atoms with van der Waals surface area (Å²) in [7, 11) is 0. The highest BCUT2D eigenvalue weighted by Gasteiger charge is 2.34.